The number of benzene rings is 1. The molecule has 5 nitrogen and oxygen atoms in total. The molecule has 0 aliphatic carbocycles. The van der Waals surface area contributed by atoms with Crippen LogP contribution in [0.2, 0.25) is 0 Å². The molecule has 0 fully saturated rings. The van der Waals surface area contributed by atoms with Crippen LogP contribution in [0.3, 0.4) is 0 Å². The lowest BCUT2D eigenvalue weighted by Crippen LogP contribution is -2.14. The zero-order valence-corrected chi connectivity index (χ0v) is 11.9. The third kappa shape index (κ3) is 5.86. The number of alkyl halides is 3. The summed E-state index contributed by atoms with van der Waals surface area (Å²) in [7, 11) is 1.15. The Bertz CT molecular complexity index is 582. The van der Waals surface area contributed by atoms with Gasteiger partial charge in [0.05, 0.1) is 12.7 Å². The van der Waals surface area contributed by atoms with Crippen LogP contribution < -0.4 is 5.32 Å². The largest absolute Gasteiger partial charge is 0.466 e. The van der Waals surface area contributed by atoms with E-state index in [1.165, 1.54) is 19.1 Å². The standard InChI is InChI=1S/C14H14F3NO4/c1-9(6-12(19)22-8-13(20)21-2)18-11-5-3-4-10(7-11)14(15,16)17/h3-7,18H,8H2,1-2H3/b9-6+. The average molecular weight is 317 g/mol. The Morgan fingerprint density at radius 3 is 2.59 bits per heavy atom. The Balaban J connectivity index is 2.68. The maximum atomic E-state index is 12.6. The third-order valence-corrected chi connectivity index (χ3v) is 2.43. The minimum atomic E-state index is -4.45. The Hall–Kier alpha value is -2.51. The van der Waals surface area contributed by atoms with E-state index in [4.69, 9.17) is 0 Å². The van der Waals surface area contributed by atoms with Crippen LogP contribution in [0.5, 0.6) is 0 Å². The molecule has 0 heterocycles. The van der Waals surface area contributed by atoms with E-state index in [0.29, 0.717) is 0 Å². The third-order valence-electron chi connectivity index (χ3n) is 2.43. The summed E-state index contributed by atoms with van der Waals surface area (Å²) < 4.78 is 46.6. The quantitative estimate of drug-likeness (QED) is 0.668. The van der Waals surface area contributed by atoms with Crippen LogP contribution in [-0.4, -0.2) is 25.7 Å². The van der Waals surface area contributed by atoms with Gasteiger partial charge in [0.25, 0.3) is 0 Å². The van der Waals surface area contributed by atoms with Crippen molar-refractivity contribution in [1.82, 2.24) is 0 Å². The lowest BCUT2D eigenvalue weighted by Gasteiger charge is -2.10. The van der Waals surface area contributed by atoms with Crippen LogP contribution in [0.25, 0.3) is 0 Å². The lowest BCUT2D eigenvalue weighted by atomic mass is 10.2. The summed E-state index contributed by atoms with van der Waals surface area (Å²) in [6, 6.07) is 4.52. The SMILES string of the molecule is COC(=O)COC(=O)/C=C(\C)Nc1cccc(C(F)(F)F)c1. The molecule has 0 aliphatic rings. The van der Waals surface area contributed by atoms with E-state index in [-0.39, 0.29) is 11.4 Å². The lowest BCUT2D eigenvalue weighted by molar-refractivity contribution is -0.154. The fourth-order valence-corrected chi connectivity index (χ4v) is 1.44. The number of anilines is 1. The molecular weight excluding hydrogens is 303 g/mol. The van der Waals surface area contributed by atoms with Gasteiger partial charge in [0.1, 0.15) is 0 Å². The van der Waals surface area contributed by atoms with Gasteiger partial charge in [-0.25, -0.2) is 9.59 Å². The van der Waals surface area contributed by atoms with Crippen LogP contribution in [0.1, 0.15) is 12.5 Å². The minimum absolute atomic E-state index is 0.171. The van der Waals surface area contributed by atoms with Crippen molar-refractivity contribution < 1.29 is 32.2 Å². The molecule has 0 aromatic heterocycles. The second kappa shape index (κ2) is 7.48. The summed E-state index contributed by atoms with van der Waals surface area (Å²) in [5.74, 6) is -1.53. The minimum Gasteiger partial charge on any atom is -0.466 e. The van der Waals surface area contributed by atoms with Crippen molar-refractivity contribution in [3.05, 3.63) is 41.6 Å². The molecule has 1 aromatic rings. The molecule has 0 atom stereocenters. The monoisotopic (exact) mass is 317 g/mol. The number of halogens is 3. The molecule has 22 heavy (non-hydrogen) atoms. The molecule has 0 radical (unpaired) electrons. The molecule has 0 spiro atoms. The van der Waals surface area contributed by atoms with Gasteiger partial charge in [-0.1, -0.05) is 6.07 Å². The van der Waals surface area contributed by atoms with Gasteiger partial charge in [0.2, 0.25) is 0 Å². The first-order valence-corrected chi connectivity index (χ1v) is 6.08. The second-order valence-corrected chi connectivity index (χ2v) is 4.21. The van der Waals surface area contributed by atoms with Crippen LogP contribution in [0.15, 0.2) is 36.0 Å². The smallest absolute Gasteiger partial charge is 0.416 e. The second-order valence-electron chi connectivity index (χ2n) is 4.21. The first kappa shape index (κ1) is 17.5. The predicted molar refractivity (Wildman–Crippen MR) is 71.8 cm³/mol. The highest BCUT2D eigenvalue weighted by Gasteiger charge is 2.30. The Morgan fingerprint density at radius 1 is 1.32 bits per heavy atom. The van der Waals surface area contributed by atoms with E-state index in [2.05, 4.69) is 14.8 Å². The molecule has 0 aliphatic heterocycles. The number of methoxy groups -OCH3 is 1. The van der Waals surface area contributed by atoms with Crippen LogP contribution >= 0.6 is 0 Å². The van der Waals surface area contributed by atoms with E-state index in [0.717, 1.165) is 25.3 Å². The number of nitrogens with one attached hydrogen (secondary N) is 1. The maximum absolute atomic E-state index is 12.6. The van der Waals surface area contributed by atoms with Crippen molar-refractivity contribution in [1.29, 1.82) is 0 Å². The van der Waals surface area contributed by atoms with E-state index in [1.54, 1.807) is 0 Å². The first-order chi connectivity index (χ1) is 10.2. The van der Waals surface area contributed by atoms with Gasteiger partial charge in [-0.15, -0.1) is 0 Å². The summed E-state index contributed by atoms with van der Waals surface area (Å²) in [5.41, 5.74) is -0.378. The van der Waals surface area contributed by atoms with Gasteiger partial charge in [0.15, 0.2) is 6.61 Å². The van der Waals surface area contributed by atoms with Gasteiger partial charge in [0, 0.05) is 17.5 Å². The maximum Gasteiger partial charge on any atom is 0.416 e. The Labute approximate surface area is 124 Å². The van der Waals surface area contributed by atoms with Gasteiger partial charge < -0.3 is 14.8 Å². The number of carbonyl (C=O) groups is 2. The molecule has 1 aromatic carbocycles. The number of allylic oxidation sites excluding steroid dienone is 1. The first-order valence-electron chi connectivity index (χ1n) is 6.08. The van der Waals surface area contributed by atoms with Gasteiger partial charge in [-0.3, -0.25) is 0 Å². The molecule has 1 N–H and O–H groups in total. The number of ether oxygens (including phenoxy) is 2. The van der Waals surface area contributed by atoms with Crippen LogP contribution in [0, 0.1) is 0 Å². The summed E-state index contributed by atoms with van der Waals surface area (Å²) in [5, 5.41) is 2.63. The summed E-state index contributed by atoms with van der Waals surface area (Å²) >= 11 is 0. The summed E-state index contributed by atoms with van der Waals surface area (Å²) in [4.78, 5) is 22.1. The summed E-state index contributed by atoms with van der Waals surface area (Å²) in [6.45, 7) is 0.933. The topological polar surface area (TPSA) is 64.6 Å². The molecule has 0 saturated carbocycles. The van der Waals surface area contributed by atoms with Crippen molar-refractivity contribution in [3.8, 4) is 0 Å². The van der Waals surface area contributed by atoms with Crippen LogP contribution in [0.4, 0.5) is 18.9 Å². The number of carbonyl (C=O) groups excluding carboxylic acids is 2. The van der Waals surface area contributed by atoms with Crippen molar-refractivity contribution in [2.75, 3.05) is 19.0 Å². The van der Waals surface area contributed by atoms with E-state index in [9.17, 15) is 22.8 Å². The highest BCUT2D eigenvalue weighted by atomic mass is 19.4. The van der Waals surface area contributed by atoms with E-state index in [1.807, 2.05) is 0 Å². The molecule has 8 heteroatoms. The molecule has 0 saturated heterocycles. The number of hydrogen-bond acceptors (Lipinski definition) is 5. The van der Waals surface area contributed by atoms with Gasteiger partial charge in [-0.2, -0.15) is 13.2 Å². The van der Waals surface area contributed by atoms with Crippen molar-refractivity contribution in [2.45, 2.75) is 13.1 Å². The van der Waals surface area contributed by atoms with Crippen LogP contribution in [-0.2, 0) is 25.2 Å². The Morgan fingerprint density at radius 2 is 2.00 bits per heavy atom. The van der Waals surface area contributed by atoms with Crippen molar-refractivity contribution >= 4 is 17.6 Å². The number of rotatable bonds is 5. The molecule has 0 bridgehead atoms. The average Bonchev–Trinajstić information content (AvgIpc) is 2.43. The molecular formula is C14H14F3NO4. The zero-order valence-electron chi connectivity index (χ0n) is 11.9. The van der Waals surface area contributed by atoms with Gasteiger partial charge in [-0.05, 0) is 25.1 Å². The molecule has 120 valence electrons. The van der Waals surface area contributed by atoms with Crippen molar-refractivity contribution in [3.63, 3.8) is 0 Å². The van der Waals surface area contributed by atoms with E-state index >= 15 is 0 Å². The van der Waals surface area contributed by atoms with Gasteiger partial charge >= 0.3 is 18.1 Å². The fourth-order valence-electron chi connectivity index (χ4n) is 1.44. The number of esters is 2. The summed E-state index contributed by atoms with van der Waals surface area (Å²) in [6.07, 6.45) is -3.43. The molecule has 0 amide bonds. The molecule has 0 unspecified atom stereocenters. The fraction of sp³-hybridized carbons (Fsp3) is 0.286. The normalized spacial score (nSPS) is 11.8. The highest BCUT2D eigenvalue weighted by molar-refractivity contribution is 5.85. The zero-order chi connectivity index (χ0) is 16.8. The Kier molecular flexibility index (Phi) is 5.97. The predicted octanol–water partition coefficient (Wildman–Crippen LogP) is 2.74. The highest BCUT2D eigenvalue weighted by Crippen LogP contribution is 2.30. The molecule has 1 rings (SSSR count). The number of hydrogen-bond donors (Lipinski definition) is 1. The van der Waals surface area contributed by atoms with E-state index < -0.39 is 30.3 Å². The van der Waals surface area contributed by atoms with Crippen molar-refractivity contribution in [2.24, 2.45) is 0 Å².